The highest BCUT2D eigenvalue weighted by atomic mass is 16.5. The van der Waals surface area contributed by atoms with Crippen LogP contribution in [-0.2, 0) is 17.6 Å². The molecule has 2 aliphatic rings. The van der Waals surface area contributed by atoms with Gasteiger partial charge in [0.1, 0.15) is 0 Å². The van der Waals surface area contributed by atoms with Crippen LogP contribution in [0.5, 0.6) is 5.88 Å². The number of carbonyl (C=O) groups excluding carboxylic acids is 1. The first kappa shape index (κ1) is 21.9. The molecule has 0 atom stereocenters. The molecule has 1 saturated heterocycles. The fourth-order valence-corrected chi connectivity index (χ4v) is 4.81. The third kappa shape index (κ3) is 4.19. The second-order valence-electron chi connectivity index (χ2n) is 8.09. The van der Waals surface area contributed by atoms with E-state index in [-0.39, 0.29) is 5.91 Å². The lowest BCUT2D eigenvalue weighted by atomic mass is 9.87. The van der Waals surface area contributed by atoms with E-state index >= 15 is 0 Å². The molecule has 0 bridgehead atoms. The minimum Gasteiger partial charge on any atom is -0.481 e. The molecule has 0 N–H and O–H groups in total. The number of aromatic nitrogens is 1. The van der Waals surface area contributed by atoms with Gasteiger partial charge in [-0.2, -0.15) is 0 Å². The van der Waals surface area contributed by atoms with E-state index in [1.54, 1.807) is 7.11 Å². The minimum atomic E-state index is 0.169. The van der Waals surface area contributed by atoms with Crippen LogP contribution in [-0.4, -0.2) is 48.7 Å². The Bertz CT molecular complexity index is 1110. The zero-order valence-corrected chi connectivity index (χ0v) is 18.4. The summed E-state index contributed by atoms with van der Waals surface area (Å²) in [5.74, 6) is 0.777. The highest BCUT2D eigenvalue weighted by molar-refractivity contribution is 6.04. The molecule has 0 spiro atoms. The zero-order valence-electron chi connectivity index (χ0n) is 18.4. The minimum absolute atomic E-state index is 0.169. The molecule has 1 aromatic heterocycles. The maximum Gasteiger partial charge on any atom is 0.254 e. The van der Waals surface area contributed by atoms with Crippen LogP contribution >= 0.6 is 0 Å². The van der Waals surface area contributed by atoms with Gasteiger partial charge in [-0.25, -0.2) is 4.98 Å². The van der Waals surface area contributed by atoms with Gasteiger partial charge in [-0.1, -0.05) is 30.3 Å². The first-order chi connectivity index (χ1) is 15.7. The average Bonchev–Trinajstić information content (AvgIpc) is 2.87. The van der Waals surface area contributed by atoms with E-state index in [4.69, 9.17) is 9.47 Å². The Morgan fingerprint density at radius 1 is 1.12 bits per heavy atom. The van der Waals surface area contributed by atoms with Crippen LogP contribution < -0.4 is 4.74 Å². The molecule has 0 unspecified atom stereocenters. The van der Waals surface area contributed by atoms with Crippen molar-refractivity contribution >= 4 is 16.7 Å². The van der Waals surface area contributed by atoms with Crippen LogP contribution in [0.4, 0.5) is 0 Å². The lowest BCUT2D eigenvalue weighted by Gasteiger charge is -2.38. The number of methoxy groups -OCH3 is 1. The normalized spacial score (nSPS) is 16.2. The maximum atomic E-state index is 13.5. The van der Waals surface area contributed by atoms with Gasteiger partial charge in [0.2, 0.25) is 5.88 Å². The van der Waals surface area contributed by atoms with Crippen LogP contribution in [0.25, 0.3) is 10.8 Å². The summed E-state index contributed by atoms with van der Waals surface area (Å²) in [5, 5.41) is 2.42. The first-order valence-corrected chi connectivity index (χ1v) is 11.0. The molecule has 1 fully saturated rings. The number of hydrogen-bond donors (Lipinski definition) is 0. The summed E-state index contributed by atoms with van der Waals surface area (Å²) >= 11 is 0. The molecule has 1 amide bonds. The van der Waals surface area contributed by atoms with E-state index in [9.17, 15) is 4.79 Å². The summed E-state index contributed by atoms with van der Waals surface area (Å²) in [6.45, 7) is 2.28. The van der Waals surface area contributed by atoms with Gasteiger partial charge in [0.15, 0.2) is 0 Å². The van der Waals surface area contributed by atoms with Gasteiger partial charge in [-0.05, 0) is 59.2 Å². The van der Waals surface area contributed by atoms with Gasteiger partial charge in [0, 0.05) is 43.6 Å². The summed E-state index contributed by atoms with van der Waals surface area (Å²) in [6, 6.07) is 14.8. The molecule has 5 rings (SSSR count). The Morgan fingerprint density at radius 3 is 2.56 bits per heavy atom. The van der Waals surface area contributed by atoms with Crippen molar-refractivity contribution in [2.24, 2.45) is 0 Å². The van der Waals surface area contributed by atoms with Gasteiger partial charge in [0.05, 0.1) is 7.11 Å². The monoisotopic (exact) mass is 428 g/mol. The molecule has 5 heteroatoms. The van der Waals surface area contributed by atoms with Gasteiger partial charge in [-0.15, -0.1) is 12.8 Å². The lowest BCUT2D eigenvalue weighted by Crippen LogP contribution is -2.47. The second-order valence-corrected chi connectivity index (χ2v) is 8.09. The third-order valence-electron chi connectivity index (χ3n) is 6.37. The number of carbonyl (C=O) groups is 1. The third-order valence-corrected chi connectivity index (χ3v) is 6.37. The molecule has 3 aromatic rings. The number of ether oxygens (including phenoxy) is 2. The average molecular weight is 429 g/mol. The molecule has 164 valence electrons. The topological polar surface area (TPSA) is 51.7 Å². The molecule has 0 aliphatic carbocycles. The number of hydrogen-bond acceptors (Lipinski definition) is 4. The number of amides is 1. The Hall–Kier alpha value is -3.36. The first-order valence-electron chi connectivity index (χ1n) is 11.0. The van der Waals surface area contributed by atoms with Crippen molar-refractivity contribution in [2.45, 2.75) is 31.7 Å². The van der Waals surface area contributed by atoms with E-state index in [0.29, 0.717) is 11.9 Å². The van der Waals surface area contributed by atoms with E-state index in [1.165, 1.54) is 21.9 Å². The van der Waals surface area contributed by atoms with Crippen LogP contribution in [0.15, 0.2) is 48.7 Å². The van der Waals surface area contributed by atoms with Crippen molar-refractivity contribution in [3.8, 4) is 18.7 Å². The number of benzene rings is 2. The summed E-state index contributed by atoms with van der Waals surface area (Å²) < 4.78 is 10.7. The van der Waals surface area contributed by atoms with Crippen LogP contribution in [0.3, 0.4) is 0 Å². The smallest absolute Gasteiger partial charge is 0.254 e. The van der Waals surface area contributed by atoms with Crippen LogP contribution in [0.2, 0.25) is 0 Å². The zero-order chi connectivity index (χ0) is 22.5. The quantitative estimate of drug-likeness (QED) is 0.583. The maximum absolute atomic E-state index is 13.5. The molecule has 5 nitrogen and oxygen atoms in total. The Labute approximate surface area is 189 Å². The van der Waals surface area contributed by atoms with E-state index in [0.717, 1.165) is 56.6 Å². The molecule has 0 saturated carbocycles. The molecular formula is C27H28N2O3. The fraction of sp³-hybridized carbons (Fsp3) is 0.333. The van der Waals surface area contributed by atoms with E-state index in [2.05, 4.69) is 53.1 Å². The molecule has 3 heterocycles. The summed E-state index contributed by atoms with van der Waals surface area (Å²) in [4.78, 5) is 19.9. The van der Waals surface area contributed by atoms with Crippen LogP contribution in [0, 0.1) is 12.8 Å². The summed E-state index contributed by atoms with van der Waals surface area (Å²) in [7, 11) is 1.62. The Kier molecular flexibility index (Phi) is 6.72. The molecule has 0 radical (unpaired) electrons. The van der Waals surface area contributed by atoms with Crippen molar-refractivity contribution in [1.29, 1.82) is 0 Å². The van der Waals surface area contributed by atoms with Crippen molar-refractivity contribution in [3.63, 3.8) is 0 Å². The molecular weight excluding hydrogens is 400 g/mol. The van der Waals surface area contributed by atoms with E-state index in [1.807, 2.05) is 18.3 Å². The number of rotatable bonds is 4. The van der Waals surface area contributed by atoms with Gasteiger partial charge in [0.25, 0.3) is 5.91 Å². The number of terminal acetylenes is 1. The van der Waals surface area contributed by atoms with Crippen LogP contribution in [0.1, 0.15) is 39.9 Å². The van der Waals surface area contributed by atoms with Crippen molar-refractivity contribution < 1.29 is 14.3 Å². The van der Waals surface area contributed by atoms with Gasteiger partial charge < -0.3 is 14.4 Å². The largest absolute Gasteiger partial charge is 0.481 e. The number of fused-ring (bicyclic) bond motifs is 3. The highest BCUT2D eigenvalue weighted by Crippen LogP contribution is 2.33. The summed E-state index contributed by atoms with van der Waals surface area (Å²) in [5.41, 5.74) is 4.32. The highest BCUT2D eigenvalue weighted by Gasteiger charge is 2.32. The van der Waals surface area contributed by atoms with E-state index < -0.39 is 0 Å². The Morgan fingerprint density at radius 2 is 1.88 bits per heavy atom. The standard InChI is InChI=1S/C25H26N2O3.C2H2/c1-29-24-7-6-17(16-26-24)14-18-15-23-22(21-5-3-2-4-20(18)21)8-11-27(25(23)28)19-9-12-30-13-10-19;1-2/h2-7,15-16,19H,8-14H2,1H3;1-2H. The number of nitrogens with zero attached hydrogens (tertiary/aromatic N) is 2. The second kappa shape index (κ2) is 9.84. The summed E-state index contributed by atoms with van der Waals surface area (Å²) in [6.07, 6.45) is 13.3. The predicted molar refractivity (Wildman–Crippen MR) is 126 cm³/mol. The molecule has 2 aromatic carbocycles. The van der Waals surface area contributed by atoms with Crippen molar-refractivity contribution in [3.05, 3.63) is 70.9 Å². The van der Waals surface area contributed by atoms with Crippen molar-refractivity contribution in [1.82, 2.24) is 9.88 Å². The van der Waals surface area contributed by atoms with Gasteiger partial charge >= 0.3 is 0 Å². The number of pyridine rings is 1. The van der Waals surface area contributed by atoms with Gasteiger partial charge in [-0.3, -0.25) is 4.79 Å². The SMILES string of the molecule is C#C.COc1ccc(Cc2cc3c(c4ccccc24)CCN(C2CCOCC2)C3=O)cn1. The van der Waals surface area contributed by atoms with Crippen molar-refractivity contribution in [2.75, 3.05) is 26.9 Å². The Balaban J connectivity index is 0.00000119. The molecule has 2 aliphatic heterocycles. The molecule has 32 heavy (non-hydrogen) atoms. The lowest BCUT2D eigenvalue weighted by molar-refractivity contribution is 0.0277. The predicted octanol–water partition coefficient (Wildman–Crippen LogP) is 4.26. The fourth-order valence-electron chi connectivity index (χ4n) is 4.81.